The van der Waals surface area contributed by atoms with Crippen molar-refractivity contribution in [3.63, 3.8) is 0 Å². The maximum absolute atomic E-state index is 10.1. The van der Waals surface area contributed by atoms with E-state index in [2.05, 4.69) is 11.0 Å². The minimum Gasteiger partial charge on any atom is -0.396 e. The molecule has 1 heterocycles. The van der Waals surface area contributed by atoms with Crippen molar-refractivity contribution in [2.24, 2.45) is 0 Å². The average molecular weight is 245 g/mol. The molecule has 4 nitrogen and oxygen atoms in total. The third kappa shape index (κ3) is 2.57. The quantitative estimate of drug-likeness (QED) is 0.741. The molecule has 0 amide bonds. The van der Waals surface area contributed by atoms with E-state index in [1.165, 1.54) is 0 Å². The highest BCUT2D eigenvalue weighted by molar-refractivity contribution is 5.74. The summed E-state index contributed by atoms with van der Waals surface area (Å²) in [6, 6.07) is 7.63. The Kier molecular flexibility index (Phi) is 3.44. The number of nitriles is 1. The van der Waals surface area contributed by atoms with Crippen molar-refractivity contribution < 1.29 is 5.11 Å². The molecule has 1 saturated heterocycles. The molecule has 0 aromatic heterocycles. The fourth-order valence-electron chi connectivity index (χ4n) is 2.43. The lowest BCUT2D eigenvalue weighted by molar-refractivity contribution is 0.0481. The number of nitrogens with two attached hydrogens (primary N) is 1. The molecule has 1 aliphatic rings. The molecule has 18 heavy (non-hydrogen) atoms. The SMILES string of the molecule is CC1(O)CCCN(c2cccc(C#N)c2N)CC1. The van der Waals surface area contributed by atoms with Gasteiger partial charge in [-0.2, -0.15) is 5.26 Å². The van der Waals surface area contributed by atoms with E-state index in [9.17, 15) is 5.11 Å². The van der Waals surface area contributed by atoms with Crippen LogP contribution in [0.15, 0.2) is 18.2 Å². The van der Waals surface area contributed by atoms with Crippen LogP contribution in [-0.2, 0) is 0 Å². The zero-order valence-corrected chi connectivity index (χ0v) is 10.7. The highest BCUT2D eigenvalue weighted by atomic mass is 16.3. The fourth-order valence-corrected chi connectivity index (χ4v) is 2.43. The zero-order valence-electron chi connectivity index (χ0n) is 10.7. The Morgan fingerprint density at radius 2 is 2.17 bits per heavy atom. The summed E-state index contributed by atoms with van der Waals surface area (Å²) < 4.78 is 0. The van der Waals surface area contributed by atoms with Crippen molar-refractivity contribution >= 4 is 11.4 Å². The molecule has 1 aromatic rings. The van der Waals surface area contributed by atoms with Crippen LogP contribution in [0.3, 0.4) is 0 Å². The average Bonchev–Trinajstić information content (AvgIpc) is 2.51. The Morgan fingerprint density at radius 1 is 1.39 bits per heavy atom. The Balaban J connectivity index is 2.25. The second-order valence-corrected chi connectivity index (χ2v) is 5.19. The predicted octanol–water partition coefficient (Wildman–Crippen LogP) is 1.88. The lowest BCUT2D eigenvalue weighted by atomic mass is 9.98. The van der Waals surface area contributed by atoms with Crippen molar-refractivity contribution in [3.05, 3.63) is 23.8 Å². The van der Waals surface area contributed by atoms with Gasteiger partial charge < -0.3 is 15.7 Å². The molecule has 1 unspecified atom stereocenters. The van der Waals surface area contributed by atoms with Crippen LogP contribution >= 0.6 is 0 Å². The molecule has 0 saturated carbocycles. The molecule has 1 aliphatic heterocycles. The first kappa shape index (κ1) is 12.7. The van der Waals surface area contributed by atoms with Crippen LogP contribution in [0.4, 0.5) is 11.4 Å². The molecule has 1 atom stereocenters. The highest BCUT2D eigenvalue weighted by Crippen LogP contribution is 2.30. The number of hydrogen-bond donors (Lipinski definition) is 2. The van der Waals surface area contributed by atoms with Crippen molar-refractivity contribution in [2.45, 2.75) is 31.8 Å². The summed E-state index contributed by atoms with van der Waals surface area (Å²) in [5.41, 5.74) is 7.40. The van der Waals surface area contributed by atoms with E-state index in [1.807, 2.05) is 19.1 Å². The van der Waals surface area contributed by atoms with Gasteiger partial charge in [0.25, 0.3) is 0 Å². The molecule has 2 rings (SSSR count). The third-order valence-corrected chi connectivity index (χ3v) is 3.61. The maximum Gasteiger partial charge on any atom is 0.101 e. The van der Waals surface area contributed by atoms with E-state index >= 15 is 0 Å². The Bertz CT molecular complexity index is 476. The number of nitrogen functional groups attached to an aromatic ring is 1. The van der Waals surface area contributed by atoms with Gasteiger partial charge in [-0.15, -0.1) is 0 Å². The molecule has 0 radical (unpaired) electrons. The molecule has 1 fully saturated rings. The molecule has 1 aromatic carbocycles. The van der Waals surface area contributed by atoms with E-state index in [-0.39, 0.29) is 0 Å². The predicted molar refractivity (Wildman–Crippen MR) is 72.3 cm³/mol. The Hall–Kier alpha value is -1.73. The first-order valence-corrected chi connectivity index (χ1v) is 6.29. The molecular weight excluding hydrogens is 226 g/mol. The lowest BCUT2D eigenvalue weighted by Gasteiger charge is -2.25. The largest absolute Gasteiger partial charge is 0.396 e. The van der Waals surface area contributed by atoms with Crippen LogP contribution in [0.25, 0.3) is 0 Å². The number of rotatable bonds is 1. The third-order valence-electron chi connectivity index (χ3n) is 3.61. The van der Waals surface area contributed by atoms with Gasteiger partial charge in [0.05, 0.1) is 22.5 Å². The van der Waals surface area contributed by atoms with Gasteiger partial charge in [-0.3, -0.25) is 0 Å². The summed E-state index contributed by atoms with van der Waals surface area (Å²) in [6.45, 7) is 3.52. The van der Waals surface area contributed by atoms with Gasteiger partial charge >= 0.3 is 0 Å². The molecule has 96 valence electrons. The summed E-state index contributed by atoms with van der Waals surface area (Å²) in [6.07, 6.45) is 2.47. The van der Waals surface area contributed by atoms with Crippen molar-refractivity contribution in [3.8, 4) is 6.07 Å². The van der Waals surface area contributed by atoms with Gasteiger partial charge in [0.1, 0.15) is 6.07 Å². The summed E-state index contributed by atoms with van der Waals surface area (Å²) in [7, 11) is 0. The molecule has 0 aliphatic carbocycles. The number of aliphatic hydroxyl groups is 1. The topological polar surface area (TPSA) is 73.3 Å². The first-order valence-electron chi connectivity index (χ1n) is 6.29. The fraction of sp³-hybridized carbons (Fsp3) is 0.500. The van der Waals surface area contributed by atoms with Gasteiger partial charge in [-0.25, -0.2) is 0 Å². The maximum atomic E-state index is 10.1. The normalized spacial score (nSPS) is 24.4. The molecule has 0 bridgehead atoms. The Labute approximate surface area is 108 Å². The van der Waals surface area contributed by atoms with Gasteiger partial charge in [-0.05, 0) is 38.3 Å². The van der Waals surface area contributed by atoms with Crippen molar-refractivity contribution in [2.75, 3.05) is 23.7 Å². The van der Waals surface area contributed by atoms with E-state index < -0.39 is 5.60 Å². The molecular formula is C14H19N3O. The summed E-state index contributed by atoms with van der Waals surface area (Å²) in [5, 5.41) is 19.1. The lowest BCUT2D eigenvalue weighted by Crippen LogP contribution is -2.28. The zero-order chi connectivity index (χ0) is 13.2. The standard InChI is InChI=1S/C14H19N3O/c1-14(18)6-3-8-17(9-7-14)12-5-2-4-11(10-15)13(12)16/h2,4-5,18H,3,6-9,16H2,1H3. The number of anilines is 2. The molecule has 3 N–H and O–H groups in total. The summed E-state index contributed by atoms with van der Waals surface area (Å²) in [5.74, 6) is 0. The van der Waals surface area contributed by atoms with Crippen LogP contribution in [0.1, 0.15) is 31.7 Å². The number of hydrogen-bond acceptors (Lipinski definition) is 4. The Morgan fingerprint density at radius 3 is 2.89 bits per heavy atom. The van der Waals surface area contributed by atoms with Gasteiger partial charge in [0.2, 0.25) is 0 Å². The monoisotopic (exact) mass is 245 g/mol. The van der Waals surface area contributed by atoms with Gasteiger partial charge in [-0.1, -0.05) is 6.07 Å². The van der Waals surface area contributed by atoms with Crippen LogP contribution in [0.5, 0.6) is 0 Å². The van der Waals surface area contributed by atoms with Crippen LogP contribution in [-0.4, -0.2) is 23.8 Å². The number of nitrogens with zero attached hydrogens (tertiary/aromatic N) is 2. The second kappa shape index (κ2) is 4.87. The summed E-state index contributed by atoms with van der Waals surface area (Å²) in [4.78, 5) is 2.16. The van der Waals surface area contributed by atoms with Crippen LogP contribution in [0.2, 0.25) is 0 Å². The minimum atomic E-state index is -0.587. The number of benzene rings is 1. The van der Waals surface area contributed by atoms with Gasteiger partial charge in [0, 0.05) is 13.1 Å². The van der Waals surface area contributed by atoms with E-state index in [1.54, 1.807) is 6.07 Å². The minimum absolute atomic E-state index is 0.517. The van der Waals surface area contributed by atoms with E-state index in [0.717, 1.165) is 38.0 Å². The van der Waals surface area contributed by atoms with E-state index in [0.29, 0.717) is 11.3 Å². The van der Waals surface area contributed by atoms with Crippen LogP contribution in [0, 0.1) is 11.3 Å². The molecule has 4 heteroatoms. The van der Waals surface area contributed by atoms with E-state index in [4.69, 9.17) is 11.0 Å². The summed E-state index contributed by atoms with van der Waals surface area (Å²) >= 11 is 0. The van der Waals surface area contributed by atoms with Crippen molar-refractivity contribution in [1.82, 2.24) is 0 Å². The van der Waals surface area contributed by atoms with Crippen LogP contribution < -0.4 is 10.6 Å². The van der Waals surface area contributed by atoms with Crippen molar-refractivity contribution in [1.29, 1.82) is 5.26 Å². The first-order chi connectivity index (χ1) is 8.53. The van der Waals surface area contributed by atoms with Gasteiger partial charge in [0.15, 0.2) is 0 Å². The second-order valence-electron chi connectivity index (χ2n) is 5.19. The highest BCUT2D eigenvalue weighted by Gasteiger charge is 2.25. The number of para-hydroxylation sites is 1. The molecule has 0 spiro atoms. The smallest absolute Gasteiger partial charge is 0.101 e.